The highest BCUT2D eigenvalue weighted by molar-refractivity contribution is 6.34. The molecule has 0 N–H and O–H groups in total. The van der Waals surface area contributed by atoms with Gasteiger partial charge in [-0.05, 0) is 30.3 Å². The van der Waals surface area contributed by atoms with Crippen LogP contribution in [0.4, 0.5) is 10.1 Å². The number of amides is 1. The van der Waals surface area contributed by atoms with Crippen LogP contribution in [0.15, 0.2) is 36.4 Å². The van der Waals surface area contributed by atoms with Crippen LogP contribution >= 0.6 is 23.2 Å². The molecule has 0 aliphatic carbocycles. The zero-order valence-corrected chi connectivity index (χ0v) is 15.1. The predicted molar refractivity (Wildman–Crippen MR) is 97.5 cm³/mol. The lowest BCUT2D eigenvalue weighted by Gasteiger charge is -2.36. The van der Waals surface area contributed by atoms with Gasteiger partial charge in [-0.15, -0.1) is 0 Å². The summed E-state index contributed by atoms with van der Waals surface area (Å²) in [6.07, 6.45) is 0. The summed E-state index contributed by atoms with van der Waals surface area (Å²) in [7, 11) is 1.57. The Morgan fingerprint density at radius 2 is 1.80 bits per heavy atom. The number of hydrogen-bond donors (Lipinski definition) is 0. The summed E-state index contributed by atoms with van der Waals surface area (Å²) in [6, 6.07) is 9.83. The third-order valence-electron chi connectivity index (χ3n) is 4.24. The maximum atomic E-state index is 13.9. The van der Waals surface area contributed by atoms with Gasteiger partial charge in [0.05, 0.1) is 22.7 Å². The summed E-state index contributed by atoms with van der Waals surface area (Å²) in [5.41, 5.74) is 0.895. The fraction of sp³-hybridized carbons (Fsp3) is 0.278. The minimum atomic E-state index is -0.595. The van der Waals surface area contributed by atoms with Crippen LogP contribution in [0.2, 0.25) is 10.0 Å². The molecule has 25 heavy (non-hydrogen) atoms. The average Bonchev–Trinajstić information content (AvgIpc) is 2.61. The highest BCUT2D eigenvalue weighted by Crippen LogP contribution is 2.30. The molecule has 2 aromatic carbocycles. The Kier molecular flexibility index (Phi) is 5.35. The van der Waals surface area contributed by atoms with Gasteiger partial charge in [0.1, 0.15) is 11.6 Å². The van der Waals surface area contributed by atoms with E-state index in [-0.39, 0.29) is 16.5 Å². The standard InChI is InChI=1S/C18H17Cl2FN2O2/c1-25-16-6-5-12(11-14(16)20)22-7-9-23(10-8-22)18(24)17-13(19)3-2-4-15(17)21/h2-6,11H,7-10H2,1H3. The number of rotatable bonds is 3. The summed E-state index contributed by atoms with van der Waals surface area (Å²) in [4.78, 5) is 16.3. The number of methoxy groups -OCH3 is 1. The van der Waals surface area contributed by atoms with Crippen molar-refractivity contribution in [2.45, 2.75) is 0 Å². The SMILES string of the molecule is COc1ccc(N2CCN(C(=O)c3c(F)cccc3Cl)CC2)cc1Cl. The number of carbonyl (C=O) groups is 1. The summed E-state index contributed by atoms with van der Waals surface area (Å²) in [6.45, 7) is 2.21. The summed E-state index contributed by atoms with van der Waals surface area (Å²) in [5.74, 6) is -0.356. The molecule has 3 rings (SSSR count). The topological polar surface area (TPSA) is 32.8 Å². The Bertz CT molecular complexity index is 772. The zero-order valence-electron chi connectivity index (χ0n) is 13.6. The maximum Gasteiger partial charge on any atom is 0.258 e. The first-order valence-corrected chi connectivity index (χ1v) is 8.58. The molecule has 1 saturated heterocycles. The molecule has 1 aliphatic rings. The molecule has 1 amide bonds. The van der Waals surface area contributed by atoms with Crippen molar-refractivity contribution in [2.24, 2.45) is 0 Å². The average molecular weight is 383 g/mol. The third-order valence-corrected chi connectivity index (χ3v) is 4.85. The second-order valence-electron chi connectivity index (χ2n) is 5.69. The van der Waals surface area contributed by atoms with Crippen LogP contribution in [-0.2, 0) is 0 Å². The molecule has 0 spiro atoms. The lowest BCUT2D eigenvalue weighted by molar-refractivity contribution is 0.0742. The van der Waals surface area contributed by atoms with Crippen molar-refractivity contribution >= 4 is 34.8 Å². The van der Waals surface area contributed by atoms with Crippen molar-refractivity contribution in [2.75, 3.05) is 38.2 Å². The molecule has 0 aromatic heterocycles. The van der Waals surface area contributed by atoms with E-state index >= 15 is 0 Å². The smallest absolute Gasteiger partial charge is 0.258 e. The fourth-order valence-corrected chi connectivity index (χ4v) is 3.38. The van der Waals surface area contributed by atoms with E-state index in [0.29, 0.717) is 37.0 Å². The number of carbonyl (C=O) groups excluding carboxylic acids is 1. The van der Waals surface area contributed by atoms with Gasteiger partial charge in [0.15, 0.2) is 0 Å². The second kappa shape index (κ2) is 7.50. The van der Waals surface area contributed by atoms with Crippen LogP contribution in [0.5, 0.6) is 5.75 Å². The first-order valence-electron chi connectivity index (χ1n) is 7.83. The van der Waals surface area contributed by atoms with Gasteiger partial charge < -0.3 is 14.5 Å². The minimum Gasteiger partial charge on any atom is -0.495 e. The Labute approximate surface area is 155 Å². The Morgan fingerprint density at radius 1 is 1.08 bits per heavy atom. The number of halogens is 3. The molecule has 1 heterocycles. The van der Waals surface area contributed by atoms with Crippen LogP contribution in [0.1, 0.15) is 10.4 Å². The van der Waals surface area contributed by atoms with Crippen LogP contribution < -0.4 is 9.64 Å². The maximum absolute atomic E-state index is 13.9. The highest BCUT2D eigenvalue weighted by atomic mass is 35.5. The highest BCUT2D eigenvalue weighted by Gasteiger charge is 2.26. The summed E-state index contributed by atoms with van der Waals surface area (Å²) in [5, 5.41) is 0.672. The molecule has 0 atom stereocenters. The fourth-order valence-electron chi connectivity index (χ4n) is 2.88. The molecule has 0 saturated carbocycles. The van der Waals surface area contributed by atoms with Crippen molar-refractivity contribution in [3.05, 3.63) is 57.8 Å². The second-order valence-corrected chi connectivity index (χ2v) is 6.51. The number of hydrogen-bond acceptors (Lipinski definition) is 3. The Balaban J connectivity index is 1.69. The number of anilines is 1. The van der Waals surface area contributed by atoms with Gasteiger partial charge in [0, 0.05) is 31.9 Å². The number of benzene rings is 2. The van der Waals surface area contributed by atoms with Crippen LogP contribution in [0.25, 0.3) is 0 Å². The number of nitrogens with zero attached hydrogens (tertiary/aromatic N) is 2. The van der Waals surface area contributed by atoms with E-state index in [1.807, 2.05) is 18.2 Å². The first-order chi connectivity index (χ1) is 12.0. The quantitative estimate of drug-likeness (QED) is 0.800. The molecule has 4 nitrogen and oxygen atoms in total. The summed E-state index contributed by atoms with van der Waals surface area (Å²) < 4.78 is 19.1. The summed E-state index contributed by atoms with van der Waals surface area (Å²) >= 11 is 12.2. The molecule has 7 heteroatoms. The van der Waals surface area contributed by atoms with Crippen LogP contribution in [-0.4, -0.2) is 44.1 Å². The molecule has 1 fully saturated rings. The van der Waals surface area contributed by atoms with E-state index in [1.54, 1.807) is 12.0 Å². The van der Waals surface area contributed by atoms with E-state index in [0.717, 1.165) is 5.69 Å². The molecule has 1 aliphatic heterocycles. The Morgan fingerprint density at radius 3 is 2.40 bits per heavy atom. The van der Waals surface area contributed by atoms with Crippen LogP contribution in [0.3, 0.4) is 0 Å². The monoisotopic (exact) mass is 382 g/mol. The van der Waals surface area contributed by atoms with Gasteiger partial charge in [-0.2, -0.15) is 0 Å². The van der Waals surface area contributed by atoms with Crippen molar-refractivity contribution in [1.82, 2.24) is 4.90 Å². The van der Waals surface area contributed by atoms with E-state index in [4.69, 9.17) is 27.9 Å². The first kappa shape index (κ1) is 17.8. The molecule has 0 bridgehead atoms. The third kappa shape index (κ3) is 3.67. The molecule has 132 valence electrons. The molecular weight excluding hydrogens is 366 g/mol. The predicted octanol–water partition coefficient (Wildman–Crippen LogP) is 4.10. The van der Waals surface area contributed by atoms with Crippen molar-refractivity contribution in [1.29, 1.82) is 0 Å². The van der Waals surface area contributed by atoms with Gasteiger partial charge in [-0.3, -0.25) is 4.79 Å². The molecule has 0 radical (unpaired) electrons. The van der Waals surface area contributed by atoms with E-state index in [2.05, 4.69) is 4.90 Å². The van der Waals surface area contributed by atoms with E-state index in [1.165, 1.54) is 18.2 Å². The van der Waals surface area contributed by atoms with Crippen molar-refractivity contribution in [3.63, 3.8) is 0 Å². The zero-order chi connectivity index (χ0) is 18.0. The molecular formula is C18H17Cl2FN2O2. The van der Waals surface area contributed by atoms with Crippen LogP contribution in [0, 0.1) is 5.82 Å². The minimum absolute atomic E-state index is 0.0647. The van der Waals surface area contributed by atoms with Gasteiger partial charge in [0.25, 0.3) is 5.91 Å². The number of ether oxygens (including phenoxy) is 1. The largest absolute Gasteiger partial charge is 0.495 e. The Hall–Kier alpha value is -1.98. The lowest BCUT2D eigenvalue weighted by Crippen LogP contribution is -2.49. The van der Waals surface area contributed by atoms with Gasteiger partial charge in [-0.1, -0.05) is 29.3 Å². The van der Waals surface area contributed by atoms with Gasteiger partial charge >= 0.3 is 0 Å². The normalized spacial score (nSPS) is 14.6. The molecule has 2 aromatic rings. The van der Waals surface area contributed by atoms with E-state index < -0.39 is 5.82 Å². The van der Waals surface area contributed by atoms with E-state index in [9.17, 15) is 9.18 Å². The van der Waals surface area contributed by atoms with Crippen molar-refractivity contribution in [3.8, 4) is 5.75 Å². The van der Waals surface area contributed by atoms with Gasteiger partial charge in [-0.25, -0.2) is 4.39 Å². The lowest BCUT2D eigenvalue weighted by atomic mass is 10.1. The molecule has 0 unspecified atom stereocenters. The van der Waals surface area contributed by atoms with Gasteiger partial charge in [0.2, 0.25) is 0 Å². The van der Waals surface area contributed by atoms with Crippen molar-refractivity contribution < 1.29 is 13.9 Å². The number of piperazine rings is 1.